The highest BCUT2D eigenvalue weighted by Crippen LogP contribution is 2.24. The molecular weight excluding hydrogens is 294 g/mol. The number of H-pyrrole nitrogens is 1. The van der Waals surface area contributed by atoms with Gasteiger partial charge in [0.05, 0.1) is 6.54 Å². The highest BCUT2D eigenvalue weighted by atomic mass is 16.5. The van der Waals surface area contributed by atoms with E-state index in [4.69, 9.17) is 4.74 Å². The van der Waals surface area contributed by atoms with Gasteiger partial charge >= 0.3 is 0 Å². The maximum absolute atomic E-state index is 11.9. The van der Waals surface area contributed by atoms with Crippen LogP contribution >= 0.6 is 0 Å². The molecule has 0 spiro atoms. The normalized spacial score (nSPS) is 16.0. The van der Waals surface area contributed by atoms with Crippen molar-refractivity contribution in [3.05, 3.63) is 30.5 Å². The zero-order chi connectivity index (χ0) is 16.1. The van der Waals surface area contributed by atoms with Gasteiger partial charge in [-0.3, -0.25) is 4.79 Å². The Morgan fingerprint density at radius 3 is 3.00 bits per heavy atom. The van der Waals surface area contributed by atoms with Gasteiger partial charge in [-0.1, -0.05) is 6.07 Å². The Morgan fingerprint density at radius 1 is 1.35 bits per heavy atom. The maximum atomic E-state index is 11.9. The molecule has 6 nitrogen and oxygen atoms in total. The number of carbonyl (C=O) groups is 1. The van der Waals surface area contributed by atoms with Crippen LogP contribution in [0.15, 0.2) is 30.5 Å². The molecule has 1 amide bonds. The molecule has 0 aliphatic carbocycles. The number of aromatic nitrogens is 1. The summed E-state index contributed by atoms with van der Waals surface area (Å²) in [6.07, 6.45) is 3.38. The van der Waals surface area contributed by atoms with Crippen LogP contribution in [0.2, 0.25) is 0 Å². The number of carbonyl (C=O) groups excluding carboxylic acids is 1. The number of nitrogens with one attached hydrogen (secondary N) is 2. The fraction of sp³-hybridized carbons (Fsp3) is 0.471. The Bertz CT molecular complexity index is 649. The number of hydrogen-bond acceptors (Lipinski definition) is 4. The van der Waals surface area contributed by atoms with E-state index in [0.29, 0.717) is 6.54 Å². The van der Waals surface area contributed by atoms with Crippen LogP contribution in [0.3, 0.4) is 0 Å². The molecule has 3 N–H and O–H groups in total. The van der Waals surface area contributed by atoms with Gasteiger partial charge in [0, 0.05) is 36.7 Å². The molecule has 124 valence electrons. The lowest BCUT2D eigenvalue weighted by molar-refractivity contribution is -0.129. The number of aliphatic hydroxyl groups excluding tert-OH is 1. The molecule has 1 aromatic carbocycles. The van der Waals surface area contributed by atoms with Gasteiger partial charge in [0.1, 0.15) is 18.5 Å². The van der Waals surface area contributed by atoms with Crippen LogP contribution in [-0.2, 0) is 4.79 Å². The summed E-state index contributed by atoms with van der Waals surface area (Å²) in [7, 11) is 0. The fourth-order valence-corrected chi connectivity index (χ4v) is 2.85. The number of hydrogen-bond donors (Lipinski definition) is 3. The van der Waals surface area contributed by atoms with Crippen molar-refractivity contribution in [2.75, 3.05) is 32.8 Å². The number of likely N-dealkylation sites (tertiary alicyclic amines) is 1. The van der Waals surface area contributed by atoms with Crippen molar-refractivity contribution in [1.82, 2.24) is 15.2 Å². The van der Waals surface area contributed by atoms with Gasteiger partial charge in [-0.15, -0.1) is 0 Å². The van der Waals surface area contributed by atoms with Crippen molar-refractivity contribution in [3.8, 4) is 5.75 Å². The largest absolute Gasteiger partial charge is 0.490 e. The van der Waals surface area contributed by atoms with Crippen LogP contribution in [-0.4, -0.2) is 59.8 Å². The van der Waals surface area contributed by atoms with E-state index in [-0.39, 0.29) is 19.1 Å². The lowest BCUT2D eigenvalue weighted by Gasteiger charge is -2.17. The van der Waals surface area contributed by atoms with Crippen LogP contribution in [0.4, 0.5) is 0 Å². The Hall–Kier alpha value is -2.05. The number of aromatic amines is 1. The highest BCUT2D eigenvalue weighted by molar-refractivity contribution is 5.85. The summed E-state index contributed by atoms with van der Waals surface area (Å²) in [5.74, 6) is 0.851. The Kier molecular flexibility index (Phi) is 5.15. The molecule has 1 unspecified atom stereocenters. The molecule has 23 heavy (non-hydrogen) atoms. The van der Waals surface area contributed by atoms with Crippen LogP contribution in [0.1, 0.15) is 12.8 Å². The van der Waals surface area contributed by atoms with E-state index in [1.165, 1.54) is 0 Å². The van der Waals surface area contributed by atoms with Crippen molar-refractivity contribution in [1.29, 1.82) is 0 Å². The molecule has 2 heterocycles. The molecule has 1 fully saturated rings. The van der Waals surface area contributed by atoms with E-state index >= 15 is 0 Å². The first-order valence-electron chi connectivity index (χ1n) is 8.09. The van der Waals surface area contributed by atoms with Crippen LogP contribution in [0, 0.1) is 0 Å². The molecule has 1 atom stereocenters. The van der Waals surface area contributed by atoms with Gasteiger partial charge in [0.15, 0.2) is 0 Å². The van der Waals surface area contributed by atoms with E-state index in [9.17, 15) is 9.90 Å². The molecule has 0 radical (unpaired) electrons. The maximum Gasteiger partial charge on any atom is 0.236 e. The van der Waals surface area contributed by atoms with Crippen molar-refractivity contribution >= 4 is 16.8 Å². The summed E-state index contributed by atoms with van der Waals surface area (Å²) in [5, 5.41) is 14.0. The number of amides is 1. The van der Waals surface area contributed by atoms with Gasteiger partial charge < -0.3 is 25.0 Å². The van der Waals surface area contributed by atoms with Gasteiger partial charge in [-0.05, 0) is 31.0 Å². The smallest absolute Gasteiger partial charge is 0.236 e. The summed E-state index contributed by atoms with van der Waals surface area (Å²) in [6, 6.07) is 7.72. The van der Waals surface area contributed by atoms with Gasteiger partial charge in [0.25, 0.3) is 0 Å². The monoisotopic (exact) mass is 317 g/mol. The lowest BCUT2D eigenvalue weighted by atomic mass is 10.2. The predicted octanol–water partition coefficient (Wildman–Crippen LogP) is 1.12. The predicted molar refractivity (Wildman–Crippen MR) is 88.5 cm³/mol. The van der Waals surface area contributed by atoms with Gasteiger partial charge in [-0.25, -0.2) is 0 Å². The molecule has 1 saturated heterocycles. The molecule has 1 aliphatic rings. The zero-order valence-electron chi connectivity index (χ0n) is 13.1. The van der Waals surface area contributed by atoms with Crippen molar-refractivity contribution in [3.63, 3.8) is 0 Å². The van der Waals surface area contributed by atoms with Crippen LogP contribution in [0.25, 0.3) is 10.9 Å². The number of fused-ring (bicyclic) bond motifs is 1. The summed E-state index contributed by atoms with van der Waals surface area (Å²) in [4.78, 5) is 16.9. The second-order valence-corrected chi connectivity index (χ2v) is 5.88. The molecule has 3 rings (SSSR count). The molecule has 6 heteroatoms. The first-order valence-corrected chi connectivity index (χ1v) is 8.09. The van der Waals surface area contributed by atoms with E-state index in [0.717, 1.165) is 42.6 Å². The third-order valence-electron chi connectivity index (χ3n) is 4.10. The SMILES string of the molecule is O=C(CNCC(O)COc1cccc2[nH]ccc12)N1CCCC1. The molecule has 1 aliphatic heterocycles. The Morgan fingerprint density at radius 2 is 2.17 bits per heavy atom. The van der Waals surface area contributed by atoms with Gasteiger partial charge in [0.2, 0.25) is 5.91 Å². The second-order valence-electron chi connectivity index (χ2n) is 5.88. The summed E-state index contributed by atoms with van der Waals surface area (Å²) in [6.45, 7) is 2.50. The minimum Gasteiger partial charge on any atom is -0.490 e. The minimum atomic E-state index is -0.657. The molecule has 0 bridgehead atoms. The number of aliphatic hydroxyl groups is 1. The number of nitrogens with zero attached hydrogens (tertiary/aromatic N) is 1. The average Bonchev–Trinajstić information content (AvgIpc) is 3.23. The van der Waals surface area contributed by atoms with E-state index in [1.54, 1.807) is 0 Å². The van der Waals surface area contributed by atoms with Crippen molar-refractivity contribution in [2.24, 2.45) is 0 Å². The summed E-state index contributed by atoms with van der Waals surface area (Å²) >= 11 is 0. The summed E-state index contributed by atoms with van der Waals surface area (Å²) in [5.41, 5.74) is 1.01. The van der Waals surface area contributed by atoms with Crippen molar-refractivity contribution in [2.45, 2.75) is 18.9 Å². The third-order valence-corrected chi connectivity index (χ3v) is 4.10. The minimum absolute atomic E-state index is 0.104. The van der Waals surface area contributed by atoms with E-state index < -0.39 is 6.10 Å². The second kappa shape index (κ2) is 7.48. The third kappa shape index (κ3) is 4.03. The number of rotatable bonds is 7. The molecule has 0 saturated carbocycles. The van der Waals surface area contributed by atoms with Crippen LogP contribution in [0.5, 0.6) is 5.75 Å². The fourth-order valence-electron chi connectivity index (χ4n) is 2.85. The van der Waals surface area contributed by atoms with E-state index in [1.807, 2.05) is 35.4 Å². The number of ether oxygens (including phenoxy) is 1. The molecule has 1 aromatic heterocycles. The van der Waals surface area contributed by atoms with Crippen molar-refractivity contribution < 1.29 is 14.6 Å². The summed E-state index contributed by atoms with van der Waals surface area (Å²) < 4.78 is 5.69. The lowest BCUT2D eigenvalue weighted by Crippen LogP contribution is -2.40. The Balaban J connectivity index is 1.40. The average molecular weight is 317 g/mol. The van der Waals surface area contributed by atoms with Crippen LogP contribution < -0.4 is 10.1 Å². The molecule has 2 aromatic rings. The first-order chi connectivity index (χ1) is 11.2. The Labute approximate surface area is 135 Å². The van der Waals surface area contributed by atoms with Gasteiger partial charge in [-0.2, -0.15) is 0 Å². The standard InChI is InChI=1S/C17H23N3O3/c21-13(10-18-11-17(22)20-8-1-2-9-20)12-23-16-5-3-4-15-14(16)6-7-19-15/h3-7,13,18-19,21H,1-2,8-12H2. The van der Waals surface area contributed by atoms with E-state index in [2.05, 4.69) is 10.3 Å². The zero-order valence-corrected chi connectivity index (χ0v) is 13.1. The molecular formula is C17H23N3O3. The number of benzene rings is 1. The first kappa shape index (κ1) is 15.8. The highest BCUT2D eigenvalue weighted by Gasteiger charge is 2.17. The quantitative estimate of drug-likeness (QED) is 0.715. The topological polar surface area (TPSA) is 77.6 Å².